The van der Waals surface area contributed by atoms with E-state index in [9.17, 15) is 9.59 Å². The molecule has 1 aromatic carbocycles. The Kier molecular flexibility index (Phi) is 7.10. The fourth-order valence-electron chi connectivity index (χ4n) is 4.32. The molecule has 1 aromatic heterocycles. The van der Waals surface area contributed by atoms with Crippen molar-refractivity contribution < 1.29 is 56.1 Å². The molecule has 1 radical (unpaired) electrons. The molecule has 5 atom stereocenters. The van der Waals surface area contributed by atoms with Crippen LogP contribution in [0.4, 0.5) is 0 Å². The van der Waals surface area contributed by atoms with Gasteiger partial charge in [0.25, 0.3) is 5.88 Å². The number of hydrogen-bond donors (Lipinski definition) is 0. The van der Waals surface area contributed by atoms with E-state index in [0.29, 0.717) is 5.76 Å². The van der Waals surface area contributed by atoms with Crippen molar-refractivity contribution >= 4 is 21.0 Å². The van der Waals surface area contributed by atoms with Crippen molar-refractivity contribution in [2.24, 2.45) is 11.8 Å². The van der Waals surface area contributed by atoms with E-state index in [1.807, 2.05) is 56.3 Å². The molecule has 0 saturated heterocycles. The molecule has 0 amide bonds. The maximum Gasteiger partial charge on any atom is 0.265 e. The molecule has 2 aromatic rings. The summed E-state index contributed by atoms with van der Waals surface area (Å²) in [5.41, 5.74) is -0.634. The maximum absolute atomic E-state index is 13.6. The van der Waals surface area contributed by atoms with E-state index in [2.05, 4.69) is 20.7 Å². The number of Topliss-reactive ketones (excluding diaryl/α,β-unsaturated/α-hetero) is 2. The number of ketones is 2. The summed E-state index contributed by atoms with van der Waals surface area (Å²) in [4.78, 5) is 28.4. The van der Waals surface area contributed by atoms with Crippen molar-refractivity contribution in [3.63, 3.8) is 0 Å². The van der Waals surface area contributed by atoms with E-state index < -0.39 is 29.1 Å². The third kappa shape index (κ3) is 3.55. The second kappa shape index (κ2) is 9.09. The second-order valence-corrected chi connectivity index (χ2v) is 7.85. The molecule has 1 heterocycles. The first kappa shape index (κ1) is 23.4. The van der Waals surface area contributed by atoms with Crippen LogP contribution >= 0.6 is 9.47 Å². The van der Waals surface area contributed by atoms with Gasteiger partial charge in [0, 0.05) is 53.9 Å². The van der Waals surface area contributed by atoms with E-state index in [4.69, 9.17) is 13.8 Å². The third-order valence-electron chi connectivity index (χ3n) is 5.67. The largest absolute Gasteiger partial charge is 0.470 e. The zero-order valence-electron chi connectivity index (χ0n) is 17.0. The molecule has 7 nitrogen and oxygen atoms in total. The minimum atomic E-state index is -1.71. The van der Waals surface area contributed by atoms with Crippen molar-refractivity contribution in [2.75, 3.05) is 14.1 Å². The number of fused-ring (bicyclic) bond motifs is 2. The number of nitrogens with zero attached hydrogens (tertiary/aromatic N) is 2. The van der Waals surface area contributed by atoms with Gasteiger partial charge in [-0.3, -0.25) is 15.8 Å². The number of allylic oxidation sites excluding steroid dienone is 1. The first-order valence-corrected chi connectivity index (χ1v) is 9.78. The SMILES string of the molecule is C[C@H]1C=[C-]C(=O)[C@]2(OP)C(=O)c3c(OCc4ccccc4)noc3[C@@H](N(C)C)[C@H]12.[Y]. The molecule has 9 heteroatoms. The summed E-state index contributed by atoms with van der Waals surface area (Å²) in [7, 11) is 5.82. The van der Waals surface area contributed by atoms with E-state index >= 15 is 0 Å². The average molecular weight is 502 g/mol. The van der Waals surface area contributed by atoms with Crippen molar-refractivity contribution in [3.8, 4) is 5.88 Å². The fraction of sp³-hybridized carbons (Fsp3) is 0.381. The summed E-state index contributed by atoms with van der Waals surface area (Å²) in [6.45, 7) is 2.15. The molecule has 0 spiro atoms. The van der Waals surface area contributed by atoms with Crippen LogP contribution in [0.2, 0.25) is 0 Å². The van der Waals surface area contributed by atoms with E-state index in [0.717, 1.165) is 5.56 Å². The van der Waals surface area contributed by atoms with E-state index in [-0.39, 0.29) is 56.7 Å². The maximum atomic E-state index is 13.6. The van der Waals surface area contributed by atoms with E-state index in [1.165, 1.54) is 0 Å². The molecule has 0 fully saturated rings. The average Bonchev–Trinajstić information content (AvgIpc) is 3.14. The Morgan fingerprint density at radius 2 is 1.97 bits per heavy atom. The summed E-state index contributed by atoms with van der Waals surface area (Å²) >= 11 is 0. The molecular weight excluding hydrogens is 480 g/mol. The van der Waals surface area contributed by atoms with Gasteiger partial charge in [-0.15, -0.1) is 0 Å². The van der Waals surface area contributed by atoms with Crippen LogP contribution in [-0.4, -0.2) is 41.3 Å². The van der Waals surface area contributed by atoms with Gasteiger partial charge in [0.1, 0.15) is 12.2 Å². The minimum absolute atomic E-state index is 0. The molecule has 4 rings (SSSR count). The Balaban J connectivity index is 0.00000256. The third-order valence-corrected chi connectivity index (χ3v) is 6.04. The molecule has 155 valence electrons. The van der Waals surface area contributed by atoms with Gasteiger partial charge >= 0.3 is 0 Å². The molecule has 30 heavy (non-hydrogen) atoms. The molecular formula is C21H22N2O5PY-. The quantitative estimate of drug-likeness (QED) is 0.354. The Hall–Kier alpha value is -1.24. The second-order valence-electron chi connectivity index (χ2n) is 7.62. The van der Waals surface area contributed by atoms with Gasteiger partial charge in [0.2, 0.25) is 5.78 Å². The van der Waals surface area contributed by atoms with Crippen LogP contribution in [0.5, 0.6) is 5.88 Å². The number of carbonyl (C=O) groups is 2. The summed E-state index contributed by atoms with van der Waals surface area (Å²) in [6.07, 6.45) is 4.37. The molecule has 0 saturated carbocycles. The van der Waals surface area contributed by atoms with Crippen LogP contribution in [0.25, 0.3) is 0 Å². The van der Waals surface area contributed by atoms with Crippen LogP contribution in [0, 0.1) is 17.9 Å². The van der Waals surface area contributed by atoms with Crippen LogP contribution in [0.15, 0.2) is 40.9 Å². The van der Waals surface area contributed by atoms with Crippen molar-refractivity contribution in [1.29, 1.82) is 0 Å². The molecule has 0 N–H and O–H groups in total. The van der Waals surface area contributed by atoms with Crippen molar-refractivity contribution in [2.45, 2.75) is 25.2 Å². The van der Waals surface area contributed by atoms with Crippen LogP contribution in [0.3, 0.4) is 0 Å². The van der Waals surface area contributed by atoms with Crippen LogP contribution in [0.1, 0.15) is 34.6 Å². The fourth-order valence-corrected chi connectivity index (χ4v) is 4.69. The predicted molar refractivity (Wildman–Crippen MR) is 107 cm³/mol. The Bertz CT molecular complexity index is 977. The van der Waals surface area contributed by atoms with Gasteiger partial charge < -0.3 is 24.7 Å². The van der Waals surface area contributed by atoms with Crippen molar-refractivity contribution in [3.05, 3.63) is 59.4 Å². The summed E-state index contributed by atoms with van der Waals surface area (Å²) in [5.74, 6) is -1.19. The smallest absolute Gasteiger partial charge is 0.265 e. The molecule has 0 bridgehead atoms. The number of hydrogen-bond acceptors (Lipinski definition) is 7. The number of ether oxygens (including phenoxy) is 1. The number of carbonyl (C=O) groups excluding carboxylic acids is 2. The predicted octanol–water partition coefficient (Wildman–Crippen LogP) is 2.79. The standard InChI is InChI=1S/C21H22N2O5P.Y/c1-12-9-10-14(24)21(28-29)16(12)17(23(2)3)18-15(19(21)25)20(22-27-18)26-11-13-7-5-4-6-8-13;/h4-9,12,16-17H,11,29H2,1-3H3;/q-1;/t12-,16-,17-,21+;/m0./s1. The summed E-state index contributed by atoms with van der Waals surface area (Å²) in [5, 5.41) is 4.02. The summed E-state index contributed by atoms with van der Waals surface area (Å²) < 4.78 is 17.0. The van der Waals surface area contributed by atoms with Gasteiger partial charge in [-0.2, -0.15) is 0 Å². The number of rotatable bonds is 5. The number of benzene rings is 1. The van der Waals surface area contributed by atoms with E-state index in [1.54, 1.807) is 6.08 Å². The Labute approximate surface area is 202 Å². The molecule has 2 aliphatic carbocycles. The first-order valence-electron chi connectivity index (χ1n) is 9.31. The molecule has 2 aliphatic rings. The monoisotopic (exact) mass is 502 g/mol. The molecule has 1 unspecified atom stereocenters. The topological polar surface area (TPSA) is 81.9 Å². The van der Waals surface area contributed by atoms with Gasteiger partial charge in [0.05, 0.1) is 6.04 Å². The summed E-state index contributed by atoms with van der Waals surface area (Å²) in [6, 6.07) is 9.12. The zero-order chi connectivity index (χ0) is 20.8. The van der Waals surface area contributed by atoms with Crippen LogP contribution < -0.4 is 4.74 Å². The molecule has 0 aliphatic heterocycles. The minimum Gasteiger partial charge on any atom is -0.470 e. The van der Waals surface area contributed by atoms with Gasteiger partial charge in [-0.25, -0.2) is 0 Å². The van der Waals surface area contributed by atoms with Gasteiger partial charge in [0.15, 0.2) is 11.4 Å². The van der Waals surface area contributed by atoms with Crippen molar-refractivity contribution in [1.82, 2.24) is 10.1 Å². The van der Waals surface area contributed by atoms with Crippen LogP contribution in [-0.2, 0) is 48.6 Å². The zero-order valence-corrected chi connectivity index (χ0v) is 21.0. The van der Waals surface area contributed by atoms with Gasteiger partial charge in [-0.1, -0.05) is 37.3 Å². The first-order chi connectivity index (χ1) is 13.9. The number of aromatic nitrogens is 1. The Morgan fingerprint density at radius 1 is 1.27 bits per heavy atom. The normalized spacial score (nSPS) is 27.4. The Morgan fingerprint density at radius 3 is 2.60 bits per heavy atom. The van der Waals surface area contributed by atoms with Gasteiger partial charge in [-0.05, 0) is 30.7 Å².